The van der Waals surface area contributed by atoms with Gasteiger partial charge in [-0.05, 0) is 30.4 Å². The lowest BCUT2D eigenvalue weighted by Crippen LogP contribution is -1.82. The number of allylic oxidation sites excluding steroid dienone is 1. The number of nitrogens with zero attached hydrogens (tertiary/aromatic N) is 2. The lowest BCUT2D eigenvalue weighted by atomic mass is 10.2. The minimum Gasteiger partial charge on any atom is -0.356 e. The lowest BCUT2D eigenvalue weighted by molar-refractivity contribution is 0.344. The molecule has 0 atom stereocenters. The smallest absolute Gasteiger partial charge is 0.165 e. The molecule has 2 heterocycles. The van der Waals surface area contributed by atoms with Crippen molar-refractivity contribution in [3.63, 3.8) is 0 Å². The Labute approximate surface area is 123 Å². The van der Waals surface area contributed by atoms with Gasteiger partial charge in [-0.2, -0.15) is 0 Å². The van der Waals surface area contributed by atoms with E-state index in [0.717, 1.165) is 16.8 Å². The Morgan fingerprint density at radius 2 is 1.62 bits per heavy atom. The molecule has 0 saturated heterocycles. The monoisotopic (exact) mass is 274 g/mol. The number of fused-ring (bicyclic) bond motifs is 2. The van der Waals surface area contributed by atoms with E-state index in [9.17, 15) is 0 Å². The summed E-state index contributed by atoms with van der Waals surface area (Å²) < 4.78 is 0. The number of aromatic nitrogens is 1. The summed E-state index contributed by atoms with van der Waals surface area (Å²) in [7, 11) is 0. The third kappa shape index (κ3) is 3.34. The SMILES string of the molecule is C1=Cc2ccccc2ON=C1.c1ccc2ncccc2c1. The van der Waals surface area contributed by atoms with Gasteiger partial charge in [0.15, 0.2) is 5.75 Å². The van der Waals surface area contributed by atoms with E-state index >= 15 is 0 Å². The molecule has 0 N–H and O–H groups in total. The summed E-state index contributed by atoms with van der Waals surface area (Å²) in [6.07, 6.45) is 7.25. The molecule has 0 saturated carbocycles. The molecule has 0 fully saturated rings. The Kier molecular flexibility index (Phi) is 4.03. The highest BCUT2D eigenvalue weighted by atomic mass is 16.6. The van der Waals surface area contributed by atoms with Crippen LogP contribution in [0, 0.1) is 0 Å². The van der Waals surface area contributed by atoms with Gasteiger partial charge in [-0.15, -0.1) is 0 Å². The second kappa shape index (κ2) is 6.48. The van der Waals surface area contributed by atoms with Crippen molar-refractivity contribution in [1.29, 1.82) is 0 Å². The van der Waals surface area contributed by atoms with Crippen LogP contribution in [-0.2, 0) is 0 Å². The summed E-state index contributed by atoms with van der Waals surface area (Å²) >= 11 is 0. The number of oxime groups is 1. The van der Waals surface area contributed by atoms with E-state index in [4.69, 9.17) is 4.84 Å². The fourth-order valence-electron chi connectivity index (χ4n) is 1.99. The summed E-state index contributed by atoms with van der Waals surface area (Å²) in [5, 5.41) is 4.90. The molecule has 0 spiro atoms. The average molecular weight is 274 g/mol. The van der Waals surface area contributed by atoms with Gasteiger partial charge in [0.25, 0.3) is 0 Å². The fourth-order valence-corrected chi connectivity index (χ4v) is 1.99. The molecule has 1 aromatic heterocycles. The molecule has 0 unspecified atom stereocenters. The third-order valence-electron chi connectivity index (χ3n) is 3.00. The molecule has 102 valence electrons. The van der Waals surface area contributed by atoms with Gasteiger partial charge in [-0.25, -0.2) is 0 Å². The molecule has 0 bridgehead atoms. The quantitative estimate of drug-likeness (QED) is 0.612. The van der Waals surface area contributed by atoms with Crippen LogP contribution in [0.3, 0.4) is 0 Å². The number of hydrogen-bond donors (Lipinski definition) is 0. The van der Waals surface area contributed by atoms with Crippen LogP contribution in [0.5, 0.6) is 5.75 Å². The number of benzene rings is 2. The van der Waals surface area contributed by atoms with Crippen molar-refractivity contribution in [2.24, 2.45) is 5.16 Å². The van der Waals surface area contributed by atoms with Crippen molar-refractivity contribution in [3.8, 4) is 5.75 Å². The summed E-state index contributed by atoms with van der Waals surface area (Å²) in [5.41, 5.74) is 2.12. The van der Waals surface area contributed by atoms with Gasteiger partial charge in [-0.3, -0.25) is 4.98 Å². The molecule has 0 radical (unpaired) electrons. The Balaban J connectivity index is 0.000000126. The molecule has 1 aliphatic heterocycles. The minimum absolute atomic E-state index is 0.803. The maximum Gasteiger partial charge on any atom is 0.165 e. The van der Waals surface area contributed by atoms with Crippen LogP contribution in [0.25, 0.3) is 17.0 Å². The van der Waals surface area contributed by atoms with Gasteiger partial charge in [0.05, 0.1) is 11.7 Å². The molecule has 2 aromatic carbocycles. The van der Waals surface area contributed by atoms with Gasteiger partial charge in [-0.1, -0.05) is 47.6 Å². The van der Waals surface area contributed by atoms with E-state index in [1.54, 1.807) is 6.21 Å². The Bertz CT molecular complexity index is 728. The van der Waals surface area contributed by atoms with Gasteiger partial charge in [0, 0.05) is 17.1 Å². The van der Waals surface area contributed by atoms with Crippen LogP contribution in [0.4, 0.5) is 0 Å². The first kappa shape index (κ1) is 13.1. The van der Waals surface area contributed by atoms with E-state index < -0.39 is 0 Å². The van der Waals surface area contributed by atoms with Gasteiger partial charge >= 0.3 is 0 Å². The van der Waals surface area contributed by atoms with Crippen LogP contribution in [-0.4, -0.2) is 11.2 Å². The van der Waals surface area contributed by atoms with Gasteiger partial charge < -0.3 is 4.84 Å². The zero-order chi connectivity index (χ0) is 14.3. The van der Waals surface area contributed by atoms with E-state index in [-0.39, 0.29) is 0 Å². The number of rotatable bonds is 0. The summed E-state index contributed by atoms with van der Waals surface area (Å²) in [6, 6.07) is 19.9. The molecule has 4 rings (SSSR count). The molecular formula is C18H14N2O. The Morgan fingerprint density at radius 3 is 2.57 bits per heavy atom. The van der Waals surface area contributed by atoms with Crippen LogP contribution in [0.2, 0.25) is 0 Å². The van der Waals surface area contributed by atoms with Crippen LogP contribution < -0.4 is 4.84 Å². The van der Waals surface area contributed by atoms with Crippen molar-refractivity contribution in [3.05, 3.63) is 78.5 Å². The number of para-hydroxylation sites is 2. The topological polar surface area (TPSA) is 34.5 Å². The van der Waals surface area contributed by atoms with E-state index in [2.05, 4.69) is 22.3 Å². The van der Waals surface area contributed by atoms with E-state index in [1.165, 1.54) is 5.39 Å². The molecular weight excluding hydrogens is 260 g/mol. The second-order valence-electron chi connectivity index (χ2n) is 4.44. The van der Waals surface area contributed by atoms with Crippen molar-refractivity contribution < 1.29 is 4.84 Å². The average Bonchev–Trinajstić information content (AvgIpc) is 2.81. The lowest BCUT2D eigenvalue weighted by Gasteiger charge is -1.98. The third-order valence-corrected chi connectivity index (χ3v) is 3.00. The zero-order valence-electron chi connectivity index (χ0n) is 11.4. The summed E-state index contributed by atoms with van der Waals surface area (Å²) in [6.45, 7) is 0. The van der Waals surface area contributed by atoms with Crippen molar-refractivity contribution >= 4 is 23.2 Å². The van der Waals surface area contributed by atoms with E-state index in [0.29, 0.717) is 0 Å². The van der Waals surface area contributed by atoms with Gasteiger partial charge in [0.2, 0.25) is 0 Å². The highest BCUT2D eigenvalue weighted by Crippen LogP contribution is 2.20. The van der Waals surface area contributed by atoms with Crippen LogP contribution >= 0.6 is 0 Å². The number of pyridine rings is 1. The minimum atomic E-state index is 0.803. The first-order valence-electron chi connectivity index (χ1n) is 6.69. The maximum absolute atomic E-state index is 5.06. The van der Waals surface area contributed by atoms with E-state index in [1.807, 2.05) is 66.9 Å². The van der Waals surface area contributed by atoms with Crippen LogP contribution in [0.1, 0.15) is 5.56 Å². The standard InChI is InChI=1S/C9H7NO.C9H7N/c1-2-6-9-8(4-1)5-3-7-10-11-9;1-2-6-9-8(4-1)5-3-7-10-9/h1-7H;1-7H. The van der Waals surface area contributed by atoms with Crippen molar-refractivity contribution in [1.82, 2.24) is 4.98 Å². The van der Waals surface area contributed by atoms with Crippen LogP contribution in [0.15, 0.2) is 78.1 Å². The summed E-state index contributed by atoms with van der Waals surface area (Å²) in [5.74, 6) is 0.803. The molecule has 3 heteroatoms. The second-order valence-corrected chi connectivity index (χ2v) is 4.44. The molecule has 21 heavy (non-hydrogen) atoms. The highest BCUT2D eigenvalue weighted by molar-refractivity contribution is 5.80. The zero-order valence-corrected chi connectivity index (χ0v) is 11.4. The largest absolute Gasteiger partial charge is 0.356 e. The fraction of sp³-hybridized carbons (Fsp3) is 0. The summed E-state index contributed by atoms with van der Waals surface area (Å²) in [4.78, 5) is 9.24. The molecule has 0 aliphatic carbocycles. The first-order chi connectivity index (χ1) is 10.4. The van der Waals surface area contributed by atoms with Crippen molar-refractivity contribution in [2.75, 3.05) is 0 Å². The molecule has 0 amide bonds. The Morgan fingerprint density at radius 1 is 0.810 bits per heavy atom. The normalized spacial score (nSPS) is 11.8. The maximum atomic E-state index is 5.06. The molecule has 3 nitrogen and oxygen atoms in total. The molecule has 3 aromatic rings. The highest BCUT2D eigenvalue weighted by Gasteiger charge is 1.99. The van der Waals surface area contributed by atoms with Gasteiger partial charge in [0.1, 0.15) is 0 Å². The predicted octanol–water partition coefficient (Wildman–Crippen LogP) is 4.31. The Hall–Kier alpha value is -2.94. The van der Waals surface area contributed by atoms with Crippen molar-refractivity contribution in [2.45, 2.75) is 0 Å². The predicted molar refractivity (Wildman–Crippen MR) is 86.3 cm³/mol. The molecule has 1 aliphatic rings. The first-order valence-corrected chi connectivity index (χ1v) is 6.69. The number of hydrogen-bond acceptors (Lipinski definition) is 3.